The highest BCUT2D eigenvalue weighted by atomic mass is 35.5. The van der Waals surface area contributed by atoms with Crippen molar-refractivity contribution in [1.82, 2.24) is 4.90 Å². The Morgan fingerprint density at radius 2 is 1.70 bits per heavy atom. The molecule has 1 saturated heterocycles. The van der Waals surface area contributed by atoms with E-state index in [1.165, 1.54) is 4.90 Å². The van der Waals surface area contributed by atoms with E-state index in [2.05, 4.69) is 0 Å². The molecule has 0 spiro atoms. The van der Waals surface area contributed by atoms with E-state index < -0.39 is 6.04 Å². The van der Waals surface area contributed by atoms with E-state index in [1.807, 2.05) is 30.3 Å². The highest BCUT2D eigenvalue weighted by molar-refractivity contribution is 6.30. The van der Waals surface area contributed by atoms with Gasteiger partial charge in [0.1, 0.15) is 6.04 Å². The van der Waals surface area contributed by atoms with Crippen LogP contribution in [0.5, 0.6) is 0 Å². The highest BCUT2D eigenvalue weighted by Crippen LogP contribution is 2.34. The van der Waals surface area contributed by atoms with Gasteiger partial charge < -0.3 is 4.90 Å². The van der Waals surface area contributed by atoms with Crippen molar-refractivity contribution in [3.8, 4) is 0 Å². The lowest BCUT2D eigenvalue weighted by Crippen LogP contribution is -2.47. The first-order chi connectivity index (χ1) is 13.0. The number of amides is 3. The van der Waals surface area contributed by atoms with Gasteiger partial charge in [0.2, 0.25) is 11.8 Å². The molecule has 0 N–H and O–H groups in total. The molecule has 1 atom stereocenters. The first-order valence-electron chi connectivity index (χ1n) is 9.02. The SMILES string of the molecule is O=C1CC(N(C(=O)Cc2ccccc2)C2CC2)C(=O)N1c1ccc(Cl)cc1. The van der Waals surface area contributed by atoms with Gasteiger partial charge in [-0.15, -0.1) is 0 Å². The number of nitrogens with zero attached hydrogens (tertiary/aromatic N) is 2. The summed E-state index contributed by atoms with van der Waals surface area (Å²) in [6, 6.07) is 15.4. The van der Waals surface area contributed by atoms with Crippen LogP contribution in [0.2, 0.25) is 5.02 Å². The summed E-state index contributed by atoms with van der Waals surface area (Å²) < 4.78 is 0. The Labute approximate surface area is 162 Å². The molecule has 27 heavy (non-hydrogen) atoms. The normalized spacial score (nSPS) is 19.4. The Morgan fingerprint density at radius 3 is 2.33 bits per heavy atom. The monoisotopic (exact) mass is 382 g/mol. The van der Waals surface area contributed by atoms with Crippen LogP contribution < -0.4 is 4.90 Å². The number of carbonyl (C=O) groups is 3. The topological polar surface area (TPSA) is 57.7 Å². The Hall–Kier alpha value is -2.66. The number of imide groups is 1. The van der Waals surface area contributed by atoms with Crippen molar-refractivity contribution in [2.75, 3.05) is 4.90 Å². The Balaban J connectivity index is 1.56. The molecule has 2 fully saturated rings. The summed E-state index contributed by atoms with van der Waals surface area (Å²) in [5, 5.41) is 0.534. The lowest BCUT2D eigenvalue weighted by Gasteiger charge is -2.27. The first kappa shape index (κ1) is 17.7. The lowest BCUT2D eigenvalue weighted by molar-refractivity contribution is -0.138. The van der Waals surface area contributed by atoms with E-state index >= 15 is 0 Å². The van der Waals surface area contributed by atoms with E-state index in [-0.39, 0.29) is 36.6 Å². The molecule has 5 nitrogen and oxygen atoms in total. The summed E-state index contributed by atoms with van der Waals surface area (Å²) in [6.07, 6.45) is 2.01. The maximum absolute atomic E-state index is 13.0. The predicted octanol–water partition coefficient (Wildman–Crippen LogP) is 3.21. The van der Waals surface area contributed by atoms with Gasteiger partial charge >= 0.3 is 0 Å². The molecule has 6 heteroatoms. The second kappa shape index (κ2) is 7.16. The number of hydrogen-bond acceptors (Lipinski definition) is 3. The van der Waals surface area contributed by atoms with E-state index in [1.54, 1.807) is 29.2 Å². The zero-order valence-electron chi connectivity index (χ0n) is 14.7. The highest BCUT2D eigenvalue weighted by Gasteiger charge is 2.48. The molecule has 0 radical (unpaired) electrons. The smallest absolute Gasteiger partial charge is 0.257 e. The summed E-state index contributed by atoms with van der Waals surface area (Å²) in [4.78, 5) is 41.3. The third-order valence-electron chi connectivity index (χ3n) is 4.97. The molecule has 138 valence electrons. The molecule has 2 aromatic carbocycles. The minimum atomic E-state index is -0.725. The molecule has 2 aromatic rings. The fraction of sp³-hybridized carbons (Fsp3) is 0.286. The summed E-state index contributed by atoms with van der Waals surface area (Å²) in [5.74, 6) is -0.728. The van der Waals surface area contributed by atoms with Gasteiger partial charge in [0, 0.05) is 11.1 Å². The zero-order chi connectivity index (χ0) is 19.0. The molecule has 1 heterocycles. The maximum atomic E-state index is 13.0. The molecule has 4 rings (SSSR count). The van der Waals surface area contributed by atoms with Gasteiger partial charge in [-0.1, -0.05) is 41.9 Å². The molecule has 1 saturated carbocycles. The van der Waals surface area contributed by atoms with Crippen molar-refractivity contribution in [2.24, 2.45) is 0 Å². The van der Waals surface area contributed by atoms with E-state index in [4.69, 9.17) is 11.6 Å². The third-order valence-corrected chi connectivity index (χ3v) is 5.22. The van der Waals surface area contributed by atoms with Crippen molar-refractivity contribution in [1.29, 1.82) is 0 Å². The second-order valence-corrected chi connectivity index (χ2v) is 7.39. The van der Waals surface area contributed by atoms with Crippen molar-refractivity contribution in [3.05, 3.63) is 65.2 Å². The molecule has 1 aliphatic heterocycles. The van der Waals surface area contributed by atoms with Crippen LogP contribution >= 0.6 is 11.6 Å². The van der Waals surface area contributed by atoms with Gasteiger partial charge in [-0.25, -0.2) is 4.90 Å². The van der Waals surface area contributed by atoms with Crippen molar-refractivity contribution in [2.45, 2.75) is 37.8 Å². The molecule has 0 aromatic heterocycles. The van der Waals surface area contributed by atoms with Gasteiger partial charge in [0.05, 0.1) is 18.5 Å². The van der Waals surface area contributed by atoms with E-state index in [0.717, 1.165) is 18.4 Å². The third kappa shape index (κ3) is 3.60. The average molecular weight is 383 g/mol. The summed E-state index contributed by atoms with van der Waals surface area (Å²) in [6.45, 7) is 0. The van der Waals surface area contributed by atoms with Gasteiger partial charge in [0.15, 0.2) is 0 Å². The standard InChI is InChI=1S/C21H19ClN2O3/c22-15-6-8-17(9-7-15)24-20(26)13-18(21(24)27)23(16-10-11-16)19(25)12-14-4-2-1-3-5-14/h1-9,16,18H,10-13H2. The Morgan fingerprint density at radius 1 is 1.04 bits per heavy atom. The molecular formula is C21H19ClN2O3. The van der Waals surface area contributed by atoms with Crippen LogP contribution in [0, 0.1) is 0 Å². The fourth-order valence-electron chi connectivity index (χ4n) is 3.54. The largest absolute Gasteiger partial charge is 0.327 e. The number of halogens is 1. The van der Waals surface area contributed by atoms with E-state index in [9.17, 15) is 14.4 Å². The zero-order valence-corrected chi connectivity index (χ0v) is 15.4. The minimum Gasteiger partial charge on any atom is -0.327 e. The van der Waals surface area contributed by atoms with Crippen LogP contribution in [0.15, 0.2) is 54.6 Å². The molecule has 3 amide bonds. The Kier molecular flexibility index (Phi) is 4.70. The number of hydrogen-bond donors (Lipinski definition) is 0. The molecular weight excluding hydrogens is 364 g/mol. The average Bonchev–Trinajstić information content (AvgIpc) is 3.44. The van der Waals surface area contributed by atoms with Gasteiger partial charge in [0.25, 0.3) is 5.91 Å². The predicted molar refractivity (Wildman–Crippen MR) is 102 cm³/mol. The van der Waals surface area contributed by atoms with Gasteiger partial charge in [-0.05, 0) is 42.7 Å². The van der Waals surface area contributed by atoms with Crippen LogP contribution in [0.1, 0.15) is 24.8 Å². The maximum Gasteiger partial charge on any atom is 0.257 e. The first-order valence-corrected chi connectivity index (χ1v) is 9.40. The number of anilines is 1. The molecule has 1 unspecified atom stereocenters. The van der Waals surface area contributed by atoms with Crippen LogP contribution in [-0.4, -0.2) is 34.7 Å². The van der Waals surface area contributed by atoms with Gasteiger partial charge in [-0.2, -0.15) is 0 Å². The Bertz CT molecular complexity index is 878. The molecule has 1 aliphatic carbocycles. The fourth-order valence-corrected chi connectivity index (χ4v) is 3.67. The van der Waals surface area contributed by atoms with Crippen molar-refractivity contribution < 1.29 is 14.4 Å². The lowest BCUT2D eigenvalue weighted by atomic mass is 10.1. The molecule has 0 bridgehead atoms. The van der Waals surface area contributed by atoms with E-state index in [0.29, 0.717) is 10.7 Å². The summed E-state index contributed by atoms with van der Waals surface area (Å²) in [7, 11) is 0. The second-order valence-electron chi connectivity index (χ2n) is 6.96. The van der Waals surface area contributed by atoms with Crippen LogP contribution in [0.4, 0.5) is 5.69 Å². The van der Waals surface area contributed by atoms with Crippen LogP contribution in [0.3, 0.4) is 0 Å². The minimum absolute atomic E-state index is 0.0263. The number of carbonyl (C=O) groups excluding carboxylic acids is 3. The summed E-state index contributed by atoms with van der Waals surface area (Å²) in [5.41, 5.74) is 1.39. The van der Waals surface area contributed by atoms with Crippen LogP contribution in [-0.2, 0) is 20.8 Å². The summed E-state index contributed by atoms with van der Waals surface area (Å²) >= 11 is 5.90. The van der Waals surface area contributed by atoms with Crippen molar-refractivity contribution >= 4 is 35.0 Å². The quantitative estimate of drug-likeness (QED) is 0.746. The van der Waals surface area contributed by atoms with Gasteiger partial charge in [-0.3, -0.25) is 14.4 Å². The van der Waals surface area contributed by atoms with Crippen LogP contribution in [0.25, 0.3) is 0 Å². The van der Waals surface area contributed by atoms with Crippen molar-refractivity contribution in [3.63, 3.8) is 0 Å². The number of benzene rings is 2. The number of rotatable bonds is 5. The molecule has 2 aliphatic rings.